The van der Waals surface area contributed by atoms with Crippen molar-refractivity contribution in [3.63, 3.8) is 0 Å². The molecule has 3 nitrogen and oxygen atoms in total. The highest BCUT2D eigenvalue weighted by molar-refractivity contribution is 9.10. The SMILES string of the molecule is CCOCCCNCCOc1ccc(Br)cc1Cl. The maximum atomic E-state index is 6.03. The van der Waals surface area contributed by atoms with Crippen LogP contribution in [0.15, 0.2) is 22.7 Å². The van der Waals surface area contributed by atoms with Gasteiger partial charge in [-0.15, -0.1) is 0 Å². The monoisotopic (exact) mass is 335 g/mol. The van der Waals surface area contributed by atoms with Crippen LogP contribution in [-0.4, -0.2) is 32.9 Å². The summed E-state index contributed by atoms with van der Waals surface area (Å²) in [6.07, 6.45) is 1.02. The van der Waals surface area contributed by atoms with Gasteiger partial charge in [0.05, 0.1) is 5.02 Å². The van der Waals surface area contributed by atoms with E-state index >= 15 is 0 Å². The number of rotatable bonds is 9. The fraction of sp³-hybridized carbons (Fsp3) is 0.538. The fourth-order valence-electron chi connectivity index (χ4n) is 1.39. The third-order valence-electron chi connectivity index (χ3n) is 2.28. The number of hydrogen-bond donors (Lipinski definition) is 1. The van der Waals surface area contributed by atoms with Crippen LogP contribution >= 0.6 is 27.5 Å². The number of nitrogens with one attached hydrogen (secondary N) is 1. The summed E-state index contributed by atoms with van der Waals surface area (Å²) >= 11 is 9.39. The van der Waals surface area contributed by atoms with Gasteiger partial charge in [0.25, 0.3) is 0 Å². The van der Waals surface area contributed by atoms with Crippen molar-refractivity contribution < 1.29 is 9.47 Å². The second kappa shape index (κ2) is 9.62. The molecule has 0 saturated heterocycles. The highest BCUT2D eigenvalue weighted by Crippen LogP contribution is 2.27. The van der Waals surface area contributed by atoms with Gasteiger partial charge in [0, 0.05) is 24.2 Å². The van der Waals surface area contributed by atoms with E-state index < -0.39 is 0 Å². The second-order valence-corrected chi connectivity index (χ2v) is 5.05. The molecule has 5 heteroatoms. The van der Waals surface area contributed by atoms with Crippen molar-refractivity contribution >= 4 is 27.5 Å². The standard InChI is InChI=1S/C13H19BrClNO2/c1-2-17-8-3-6-16-7-9-18-13-5-4-11(14)10-12(13)15/h4-5,10,16H,2-3,6-9H2,1H3. The topological polar surface area (TPSA) is 30.5 Å². The molecule has 0 heterocycles. The molecule has 0 saturated carbocycles. The summed E-state index contributed by atoms with van der Waals surface area (Å²) in [6, 6.07) is 5.60. The quantitative estimate of drug-likeness (QED) is 0.700. The first kappa shape index (κ1) is 15.8. The molecule has 0 aliphatic rings. The average Bonchev–Trinajstić information content (AvgIpc) is 2.35. The van der Waals surface area contributed by atoms with E-state index in [1.54, 1.807) is 0 Å². The van der Waals surface area contributed by atoms with Crippen LogP contribution in [0.25, 0.3) is 0 Å². The Kier molecular flexibility index (Phi) is 8.42. The zero-order chi connectivity index (χ0) is 13.2. The molecule has 18 heavy (non-hydrogen) atoms. The van der Waals surface area contributed by atoms with Crippen LogP contribution in [0.4, 0.5) is 0 Å². The minimum atomic E-state index is 0.607. The van der Waals surface area contributed by atoms with Crippen molar-refractivity contribution in [1.29, 1.82) is 0 Å². The zero-order valence-corrected chi connectivity index (χ0v) is 12.9. The van der Waals surface area contributed by atoms with Gasteiger partial charge in [0.15, 0.2) is 0 Å². The molecule has 0 spiro atoms. The molecule has 0 atom stereocenters. The van der Waals surface area contributed by atoms with Crippen LogP contribution in [0.3, 0.4) is 0 Å². The summed E-state index contributed by atoms with van der Waals surface area (Å²) in [5.74, 6) is 0.719. The summed E-state index contributed by atoms with van der Waals surface area (Å²) in [7, 11) is 0. The molecule has 0 bridgehead atoms. The molecule has 0 unspecified atom stereocenters. The van der Waals surface area contributed by atoms with Crippen LogP contribution in [0.1, 0.15) is 13.3 Å². The van der Waals surface area contributed by atoms with Gasteiger partial charge < -0.3 is 14.8 Å². The Morgan fingerprint density at radius 3 is 2.83 bits per heavy atom. The first-order valence-corrected chi connectivity index (χ1v) is 7.27. The Labute approximate surface area is 122 Å². The molecule has 0 aliphatic carbocycles. The van der Waals surface area contributed by atoms with E-state index in [1.165, 1.54) is 0 Å². The van der Waals surface area contributed by atoms with Gasteiger partial charge in [0.2, 0.25) is 0 Å². The third kappa shape index (κ3) is 6.59. The summed E-state index contributed by atoms with van der Waals surface area (Å²) in [4.78, 5) is 0. The van der Waals surface area contributed by atoms with Gasteiger partial charge in [-0.3, -0.25) is 0 Å². The van der Waals surface area contributed by atoms with Crippen molar-refractivity contribution in [2.75, 3.05) is 32.9 Å². The van der Waals surface area contributed by atoms with E-state index in [9.17, 15) is 0 Å². The van der Waals surface area contributed by atoms with E-state index in [2.05, 4.69) is 21.2 Å². The van der Waals surface area contributed by atoms with Crippen molar-refractivity contribution in [3.8, 4) is 5.75 Å². The fourth-order valence-corrected chi connectivity index (χ4v) is 2.12. The van der Waals surface area contributed by atoms with Crippen molar-refractivity contribution in [1.82, 2.24) is 5.32 Å². The molecule has 1 aromatic rings. The summed E-state index contributed by atoms with van der Waals surface area (Å²) in [5.41, 5.74) is 0. The molecule has 1 aromatic carbocycles. The third-order valence-corrected chi connectivity index (χ3v) is 3.07. The molecular formula is C13H19BrClNO2. The molecule has 0 amide bonds. The van der Waals surface area contributed by atoms with Crippen LogP contribution in [0, 0.1) is 0 Å². The molecule has 102 valence electrons. The first-order chi connectivity index (χ1) is 8.74. The lowest BCUT2D eigenvalue weighted by Gasteiger charge is -2.09. The maximum absolute atomic E-state index is 6.03. The lowest BCUT2D eigenvalue weighted by Crippen LogP contribution is -2.23. The van der Waals surface area contributed by atoms with Gasteiger partial charge in [-0.2, -0.15) is 0 Å². The van der Waals surface area contributed by atoms with Crippen LogP contribution in [-0.2, 0) is 4.74 Å². The minimum absolute atomic E-state index is 0.607. The average molecular weight is 337 g/mol. The lowest BCUT2D eigenvalue weighted by atomic mass is 10.3. The molecule has 1 N–H and O–H groups in total. The van der Waals surface area contributed by atoms with Crippen molar-refractivity contribution in [3.05, 3.63) is 27.7 Å². The first-order valence-electron chi connectivity index (χ1n) is 6.10. The molecule has 0 aromatic heterocycles. The Balaban J connectivity index is 2.07. The number of hydrogen-bond acceptors (Lipinski definition) is 3. The summed E-state index contributed by atoms with van der Waals surface area (Å²) in [6.45, 7) is 5.95. The van der Waals surface area contributed by atoms with E-state index in [-0.39, 0.29) is 0 Å². The maximum Gasteiger partial charge on any atom is 0.138 e. The zero-order valence-electron chi connectivity index (χ0n) is 10.5. The predicted octanol–water partition coefficient (Wildman–Crippen LogP) is 3.50. The van der Waals surface area contributed by atoms with E-state index in [1.807, 2.05) is 25.1 Å². The number of benzene rings is 1. The van der Waals surface area contributed by atoms with Gasteiger partial charge in [-0.1, -0.05) is 27.5 Å². The molecule has 1 rings (SSSR count). The van der Waals surface area contributed by atoms with Crippen LogP contribution in [0.5, 0.6) is 5.75 Å². The van der Waals surface area contributed by atoms with Gasteiger partial charge in [-0.05, 0) is 38.1 Å². The molecule has 0 radical (unpaired) electrons. The van der Waals surface area contributed by atoms with Crippen molar-refractivity contribution in [2.45, 2.75) is 13.3 Å². The normalized spacial score (nSPS) is 10.6. The predicted molar refractivity (Wildman–Crippen MR) is 78.6 cm³/mol. The minimum Gasteiger partial charge on any atom is -0.491 e. The van der Waals surface area contributed by atoms with E-state index in [4.69, 9.17) is 21.1 Å². The Bertz CT molecular complexity index is 350. The summed E-state index contributed by atoms with van der Waals surface area (Å²) in [5, 5.41) is 3.91. The van der Waals surface area contributed by atoms with Gasteiger partial charge >= 0.3 is 0 Å². The van der Waals surface area contributed by atoms with Gasteiger partial charge in [0.1, 0.15) is 12.4 Å². The number of halogens is 2. The Morgan fingerprint density at radius 2 is 2.11 bits per heavy atom. The number of ether oxygens (including phenoxy) is 2. The van der Waals surface area contributed by atoms with Gasteiger partial charge in [-0.25, -0.2) is 0 Å². The highest BCUT2D eigenvalue weighted by Gasteiger charge is 2.01. The summed E-state index contributed by atoms with van der Waals surface area (Å²) < 4.78 is 11.8. The molecular weight excluding hydrogens is 318 g/mol. The van der Waals surface area contributed by atoms with Crippen molar-refractivity contribution in [2.24, 2.45) is 0 Å². The highest BCUT2D eigenvalue weighted by atomic mass is 79.9. The smallest absolute Gasteiger partial charge is 0.138 e. The molecule has 0 aliphatic heterocycles. The Hall–Kier alpha value is -0.290. The van der Waals surface area contributed by atoms with E-state index in [0.717, 1.165) is 42.9 Å². The van der Waals surface area contributed by atoms with Crippen LogP contribution in [0.2, 0.25) is 5.02 Å². The lowest BCUT2D eigenvalue weighted by molar-refractivity contribution is 0.144. The molecule has 0 fully saturated rings. The largest absolute Gasteiger partial charge is 0.491 e. The Morgan fingerprint density at radius 1 is 1.28 bits per heavy atom. The second-order valence-electron chi connectivity index (χ2n) is 3.72. The van der Waals surface area contributed by atoms with Crippen LogP contribution < -0.4 is 10.1 Å². The van der Waals surface area contributed by atoms with E-state index in [0.29, 0.717) is 11.6 Å².